The summed E-state index contributed by atoms with van der Waals surface area (Å²) in [7, 11) is 0. The van der Waals surface area contributed by atoms with Gasteiger partial charge in [-0.15, -0.1) is 12.4 Å². The van der Waals surface area contributed by atoms with Crippen LogP contribution in [0.5, 0.6) is 0 Å². The van der Waals surface area contributed by atoms with E-state index in [1.54, 1.807) is 0 Å². The molecule has 3 nitrogen and oxygen atoms in total. The van der Waals surface area contributed by atoms with Crippen LogP contribution in [0.15, 0.2) is 0 Å². The van der Waals surface area contributed by atoms with Gasteiger partial charge in [0.1, 0.15) is 0 Å². The van der Waals surface area contributed by atoms with Crippen molar-refractivity contribution >= 4 is 18.3 Å². The van der Waals surface area contributed by atoms with Crippen molar-refractivity contribution in [1.29, 1.82) is 0 Å². The molecule has 0 radical (unpaired) electrons. The highest BCUT2D eigenvalue weighted by Gasteiger charge is 2.41. The molecule has 0 spiro atoms. The van der Waals surface area contributed by atoms with E-state index in [9.17, 15) is 4.79 Å². The number of halogens is 1. The zero-order valence-electron chi connectivity index (χ0n) is 10.1. The third kappa shape index (κ3) is 3.36. The van der Waals surface area contributed by atoms with E-state index in [1.807, 2.05) is 0 Å². The molecule has 0 aromatic heterocycles. The molecule has 2 fully saturated rings. The Morgan fingerprint density at radius 3 is 2.75 bits per heavy atom. The van der Waals surface area contributed by atoms with Gasteiger partial charge in [0.2, 0.25) is 5.91 Å². The Balaban J connectivity index is 0.00000128. The molecule has 1 aliphatic heterocycles. The molecule has 1 atom stereocenters. The molecule has 1 heterocycles. The van der Waals surface area contributed by atoms with Crippen molar-refractivity contribution in [3.63, 3.8) is 0 Å². The second kappa shape index (κ2) is 5.87. The minimum Gasteiger partial charge on any atom is -0.355 e. The van der Waals surface area contributed by atoms with Crippen LogP contribution in [-0.4, -0.2) is 25.5 Å². The molecular weight excluding hydrogens is 224 g/mol. The van der Waals surface area contributed by atoms with Crippen molar-refractivity contribution in [3.8, 4) is 0 Å². The SMILES string of the molecule is CCCC1(CNC(=O)C2CCNC2)CC1.Cl. The summed E-state index contributed by atoms with van der Waals surface area (Å²) < 4.78 is 0. The average molecular weight is 247 g/mol. The zero-order valence-corrected chi connectivity index (χ0v) is 10.9. The Kier molecular flexibility index (Phi) is 5.06. The molecule has 2 rings (SSSR count). The smallest absolute Gasteiger partial charge is 0.224 e. The monoisotopic (exact) mass is 246 g/mol. The van der Waals surface area contributed by atoms with Crippen LogP contribution < -0.4 is 10.6 Å². The van der Waals surface area contributed by atoms with Crippen molar-refractivity contribution in [2.75, 3.05) is 19.6 Å². The molecule has 94 valence electrons. The topological polar surface area (TPSA) is 41.1 Å². The van der Waals surface area contributed by atoms with Gasteiger partial charge in [-0.1, -0.05) is 13.3 Å². The standard InChI is InChI=1S/C12H22N2O.ClH/c1-2-4-12(5-6-12)9-14-11(15)10-3-7-13-8-10;/h10,13H,2-9H2,1H3,(H,14,15);1H. The van der Waals surface area contributed by atoms with Crippen LogP contribution in [0.4, 0.5) is 0 Å². The molecule has 4 heteroatoms. The van der Waals surface area contributed by atoms with Gasteiger partial charge in [-0.05, 0) is 37.6 Å². The summed E-state index contributed by atoms with van der Waals surface area (Å²) in [5, 5.41) is 6.36. The van der Waals surface area contributed by atoms with Crippen molar-refractivity contribution in [2.45, 2.75) is 39.0 Å². The van der Waals surface area contributed by atoms with Gasteiger partial charge in [0.05, 0.1) is 5.92 Å². The lowest BCUT2D eigenvalue weighted by molar-refractivity contribution is -0.124. The number of carbonyl (C=O) groups is 1. The zero-order chi connectivity index (χ0) is 10.7. The fourth-order valence-corrected chi connectivity index (χ4v) is 2.52. The first-order valence-electron chi connectivity index (χ1n) is 6.24. The highest BCUT2D eigenvalue weighted by atomic mass is 35.5. The molecule has 2 N–H and O–H groups in total. The van der Waals surface area contributed by atoms with E-state index in [4.69, 9.17) is 0 Å². The van der Waals surface area contributed by atoms with Crippen LogP contribution in [0.25, 0.3) is 0 Å². The van der Waals surface area contributed by atoms with E-state index >= 15 is 0 Å². The largest absolute Gasteiger partial charge is 0.355 e. The number of amides is 1. The minimum absolute atomic E-state index is 0. The Morgan fingerprint density at radius 1 is 1.50 bits per heavy atom. The molecule has 0 aromatic rings. The molecule has 2 aliphatic rings. The Bertz CT molecular complexity index is 235. The molecule has 1 aliphatic carbocycles. The lowest BCUT2D eigenvalue weighted by atomic mass is 10.00. The molecule has 0 bridgehead atoms. The van der Waals surface area contributed by atoms with Gasteiger partial charge in [0, 0.05) is 13.1 Å². The maximum Gasteiger partial charge on any atom is 0.224 e. The molecule has 0 aromatic carbocycles. The van der Waals surface area contributed by atoms with Crippen molar-refractivity contribution in [3.05, 3.63) is 0 Å². The third-order valence-electron chi connectivity index (χ3n) is 3.81. The number of hydrogen-bond donors (Lipinski definition) is 2. The Labute approximate surface area is 104 Å². The first kappa shape index (κ1) is 13.8. The summed E-state index contributed by atoms with van der Waals surface area (Å²) in [4.78, 5) is 11.8. The molecular formula is C12H23ClN2O. The summed E-state index contributed by atoms with van der Waals surface area (Å²) in [6.07, 6.45) is 6.14. The number of carbonyl (C=O) groups excluding carboxylic acids is 1. The Morgan fingerprint density at radius 2 is 2.25 bits per heavy atom. The predicted molar refractivity (Wildman–Crippen MR) is 67.8 cm³/mol. The van der Waals surface area contributed by atoms with Crippen LogP contribution in [-0.2, 0) is 4.79 Å². The van der Waals surface area contributed by atoms with Crippen molar-refractivity contribution < 1.29 is 4.79 Å². The second-order valence-corrected chi connectivity index (χ2v) is 5.16. The number of nitrogens with one attached hydrogen (secondary N) is 2. The quantitative estimate of drug-likeness (QED) is 0.776. The summed E-state index contributed by atoms with van der Waals surface area (Å²) in [6.45, 7) is 5.00. The highest BCUT2D eigenvalue weighted by Crippen LogP contribution is 2.48. The molecule has 1 saturated carbocycles. The number of rotatable bonds is 5. The summed E-state index contributed by atoms with van der Waals surface area (Å²) in [6, 6.07) is 0. The van der Waals surface area contributed by atoms with E-state index in [-0.39, 0.29) is 24.2 Å². The first-order valence-corrected chi connectivity index (χ1v) is 6.24. The van der Waals surface area contributed by atoms with Crippen molar-refractivity contribution in [2.24, 2.45) is 11.3 Å². The van der Waals surface area contributed by atoms with Gasteiger partial charge in [0.15, 0.2) is 0 Å². The van der Waals surface area contributed by atoms with Gasteiger partial charge >= 0.3 is 0 Å². The van der Waals surface area contributed by atoms with E-state index in [0.29, 0.717) is 5.41 Å². The molecule has 1 amide bonds. The van der Waals surface area contributed by atoms with E-state index < -0.39 is 0 Å². The van der Waals surface area contributed by atoms with Gasteiger partial charge in [-0.3, -0.25) is 4.79 Å². The second-order valence-electron chi connectivity index (χ2n) is 5.16. The predicted octanol–water partition coefficient (Wildman–Crippen LogP) is 1.71. The fourth-order valence-electron chi connectivity index (χ4n) is 2.52. The van der Waals surface area contributed by atoms with Gasteiger partial charge < -0.3 is 10.6 Å². The van der Waals surface area contributed by atoms with Gasteiger partial charge in [-0.2, -0.15) is 0 Å². The van der Waals surface area contributed by atoms with Crippen molar-refractivity contribution in [1.82, 2.24) is 10.6 Å². The van der Waals surface area contributed by atoms with Gasteiger partial charge in [-0.25, -0.2) is 0 Å². The summed E-state index contributed by atoms with van der Waals surface area (Å²) in [5.41, 5.74) is 0.483. The van der Waals surface area contributed by atoms with Crippen LogP contribution in [0.2, 0.25) is 0 Å². The molecule has 1 saturated heterocycles. The molecule has 1 unspecified atom stereocenters. The van der Waals surface area contributed by atoms with E-state index in [1.165, 1.54) is 25.7 Å². The van der Waals surface area contributed by atoms with Crippen LogP contribution >= 0.6 is 12.4 Å². The highest BCUT2D eigenvalue weighted by molar-refractivity contribution is 5.85. The van der Waals surface area contributed by atoms with E-state index in [0.717, 1.165) is 26.1 Å². The maximum absolute atomic E-state index is 11.8. The average Bonchev–Trinajstić information content (AvgIpc) is 2.81. The number of hydrogen-bond acceptors (Lipinski definition) is 2. The fraction of sp³-hybridized carbons (Fsp3) is 0.917. The van der Waals surface area contributed by atoms with Crippen LogP contribution in [0, 0.1) is 11.3 Å². The Hall–Kier alpha value is -0.280. The van der Waals surface area contributed by atoms with Crippen LogP contribution in [0.1, 0.15) is 39.0 Å². The normalized spacial score (nSPS) is 25.9. The maximum atomic E-state index is 11.8. The minimum atomic E-state index is 0. The third-order valence-corrected chi connectivity index (χ3v) is 3.81. The van der Waals surface area contributed by atoms with Crippen LogP contribution in [0.3, 0.4) is 0 Å². The van der Waals surface area contributed by atoms with Gasteiger partial charge in [0.25, 0.3) is 0 Å². The summed E-state index contributed by atoms with van der Waals surface area (Å²) in [5.74, 6) is 0.491. The summed E-state index contributed by atoms with van der Waals surface area (Å²) >= 11 is 0. The lowest BCUT2D eigenvalue weighted by Crippen LogP contribution is -2.35. The van der Waals surface area contributed by atoms with E-state index in [2.05, 4.69) is 17.6 Å². The lowest BCUT2D eigenvalue weighted by Gasteiger charge is -2.16. The molecule has 16 heavy (non-hydrogen) atoms. The first-order chi connectivity index (χ1) is 7.26.